The molecule has 2 rings (SSSR count). The monoisotopic (exact) mass is 207 g/mol. The highest BCUT2D eigenvalue weighted by Crippen LogP contribution is 2.29. The molecule has 2 N–H and O–H groups in total. The van der Waals surface area contributed by atoms with Gasteiger partial charge in [-0.25, -0.2) is 0 Å². The topological polar surface area (TPSA) is 43.8 Å². The van der Waals surface area contributed by atoms with E-state index in [1.54, 1.807) is 0 Å². The fraction of sp³-hybridized carbons (Fsp3) is 0.750. The van der Waals surface area contributed by atoms with Gasteiger partial charge in [-0.1, -0.05) is 19.8 Å². The van der Waals surface area contributed by atoms with Gasteiger partial charge in [0.2, 0.25) is 0 Å². The maximum Gasteiger partial charge on any atom is 0.145 e. The van der Waals surface area contributed by atoms with Gasteiger partial charge in [-0.15, -0.1) is 0 Å². The second kappa shape index (κ2) is 4.25. The Kier molecular flexibility index (Phi) is 2.98. The first-order chi connectivity index (χ1) is 7.15. The van der Waals surface area contributed by atoms with Crippen LogP contribution in [0.4, 0.5) is 5.82 Å². The van der Waals surface area contributed by atoms with Gasteiger partial charge in [-0.3, -0.25) is 4.68 Å². The third-order valence-electron chi connectivity index (χ3n) is 3.57. The van der Waals surface area contributed by atoms with Crippen molar-refractivity contribution >= 4 is 5.82 Å². The lowest BCUT2D eigenvalue weighted by molar-refractivity contribution is 0.256. The van der Waals surface area contributed by atoms with Gasteiger partial charge >= 0.3 is 0 Å². The number of aromatic nitrogens is 2. The van der Waals surface area contributed by atoms with Gasteiger partial charge in [0, 0.05) is 18.3 Å². The predicted molar refractivity (Wildman–Crippen MR) is 62.5 cm³/mol. The summed E-state index contributed by atoms with van der Waals surface area (Å²) in [6.45, 7) is 5.48. The van der Waals surface area contributed by atoms with Crippen LogP contribution in [0, 0.1) is 18.8 Å². The van der Waals surface area contributed by atoms with Crippen LogP contribution in [-0.2, 0) is 6.54 Å². The summed E-state index contributed by atoms with van der Waals surface area (Å²) in [6.07, 6.45) is 5.45. The van der Waals surface area contributed by atoms with E-state index in [1.807, 2.05) is 6.07 Å². The first-order valence-corrected chi connectivity index (χ1v) is 5.95. The van der Waals surface area contributed by atoms with E-state index in [0.717, 1.165) is 18.4 Å². The molecule has 0 bridgehead atoms. The molecule has 1 aromatic heterocycles. The minimum atomic E-state index is 0.650. The molecule has 0 spiro atoms. The van der Waals surface area contributed by atoms with Gasteiger partial charge in [0.1, 0.15) is 5.82 Å². The van der Waals surface area contributed by atoms with Crippen LogP contribution in [0.1, 0.15) is 38.3 Å². The highest BCUT2D eigenvalue weighted by molar-refractivity contribution is 5.28. The minimum Gasteiger partial charge on any atom is -0.382 e. The summed E-state index contributed by atoms with van der Waals surface area (Å²) in [5, 5.41) is 4.32. The molecule has 0 saturated heterocycles. The maximum atomic E-state index is 5.67. The summed E-state index contributed by atoms with van der Waals surface area (Å²) in [7, 11) is 0. The molecule has 0 atom stereocenters. The Balaban J connectivity index is 1.94. The van der Waals surface area contributed by atoms with E-state index >= 15 is 0 Å². The van der Waals surface area contributed by atoms with Crippen LogP contribution in [-0.4, -0.2) is 9.78 Å². The number of hydrogen-bond donors (Lipinski definition) is 1. The SMILES string of the molecule is Cc1cc(N)nn1CC1CCC(C)CC1. The van der Waals surface area contributed by atoms with Gasteiger partial charge in [0.25, 0.3) is 0 Å². The fourth-order valence-corrected chi connectivity index (χ4v) is 2.48. The number of hydrogen-bond acceptors (Lipinski definition) is 2. The molecule has 15 heavy (non-hydrogen) atoms. The van der Waals surface area contributed by atoms with Crippen molar-refractivity contribution in [3.63, 3.8) is 0 Å². The van der Waals surface area contributed by atoms with Crippen molar-refractivity contribution in [2.24, 2.45) is 11.8 Å². The standard InChI is InChI=1S/C12H21N3/c1-9-3-5-11(6-4-9)8-15-10(2)7-12(13)14-15/h7,9,11H,3-6,8H2,1-2H3,(H2,13,14). The molecule has 3 heteroatoms. The lowest BCUT2D eigenvalue weighted by atomic mass is 9.83. The van der Waals surface area contributed by atoms with E-state index < -0.39 is 0 Å². The Morgan fingerprint density at radius 3 is 2.60 bits per heavy atom. The Bertz CT molecular complexity index is 322. The molecular weight excluding hydrogens is 186 g/mol. The third kappa shape index (κ3) is 2.52. The predicted octanol–water partition coefficient (Wildman–Crippen LogP) is 2.60. The van der Waals surface area contributed by atoms with E-state index in [2.05, 4.69) is 23.6 Å². The summed E-state index contributed by atoms with van der Waals surface area (Å²) >= 11 is 0. The van der Waals surface area contributed by atoms with Crippen LogP contribution < -0.4 is 5.73 Å². The second-order valence-corrected chi connectivity index (χ2v) is 5.02. The average Bonchev–Trinajstić information content (AvgIpc) is 2.49. The van der Waals surface area contributed by atoms with E-state index in [-0.39, 0.29) is 0 Å². The highest BCUT2D eigenvalue weighted by atomic mass is 15.3. The Labute approximate surface area is 91.7 Å². The number of rotatable bonds is 2. The molecule has 1 fully saturated rings. The van der Waals surface area contributed by atoms with Crippen LogP contribution in [0.2, 0.25) is 0 Å². The summed E-state index contributed by atoms with van der Waals surface area (Å²) < 4.78 is 2.07. The lowest BCUT2D eigenvalue weighted by Crippen LogP contribution is -2.19. The van der Waals surface area contributed by atoms with Crippen molar-refractivity contribution in [3.8, 4) is 0 Å². The molecule has 0 aliphatic heterocycles. The maximum absolute atomic E-state index is 5.67. The lowest BCUT2D eigenvalue weighted by Gasteiger charge is -2.26. The fourth-order valence-electron chi connectivity index (χ4n) is 2.48. The van der Waals surface area contributed by atoms with Gasteiger partial charge < -0.3 is 5.73 Å². The summed E-state index contributed by atoms with van der Waals surface area (Å²) in [6, 6.07) is 1.95. The molecule has 84 valence electrons. The largest absolute Gasteiger partial charge is 0.382 e. The molecule has 0 amide bonds. The normalized spacial score (nSPS) is 26.8. The third-order valence-corrected chi connectivity index (χ3v) is 3.57. The van der Waals surface area contributed by atoms with E-state index in [0.29, 0.717) is 5.82 Å². The van der Waals surface area contributed by atoms with Crippen LogP contribution in [0.5, 0.6) is 0 Å². The van der Waals surface area contributed by atoms with Crippen molar-refractivity contribution < 1.29 is 0 Å². The zero-order valence-corrected chi connectivity index (χ0v) is 9.74. The second-order valence-electron chi connectivity index (χ2n) is 5.02. The van der Waals surface area contributed by atoms with E-state index in [4.69, 9.17) is 5.73 Å². The van der Waals surface area contributed by atoms with Crippen LogP contribution in [0.25, 0.3) is 0 Å². The minimum absolute atomic E-state index is 0.650. The summed E-state index contributed by atoms with van der Waals surface area (Å²) in [5.41, 5.74) is 6.86. The Morgan fingerprint density at radius 2 is 2.07 bits per heavy atom. The van der Waals surface area contributed by atoms with Crippen LogP contribution in [0.3, 0.4) is 0 Å². The van der Waals surface area contributed by atoms with Crippen LogP contribution >= 0.6 is 0 Å². The molecular formula is C12H21N3. The number of nitrogens with zero attached hydrogens (tertiary/aromatic N) is 2. The molecule has 1 saturated carbocycles. The summed E-state index contributed by atoms with van der Waals surface area (Å²) in [5.74, 6) is 2.38. The highest BCUT2D eigenvalue weighted by Gasteiger charge is 2.19. The quantitative estimate of drug-likeness (QED) is 0.810. The number of nitrogen functional groups attached to an aromatic ring is 1. The van der Waals surface area contributed by atoms with E-state index in [1.165, 1.54) is 31.4 Å². The first kappa shape index (κ1) is 10.5. The smallest absolute Gasteiger partial charge is 0.145 e. The summed E-state index contributed by atoms with van der Waals surface area (Å²) in [4.78, 5) is 0. The number of anilines is 1. The first-order valence-electron chi connectivity index (χ1n) is 5.95. The number of aryl methyl sites for hydroxylation is 1. The van der Waals surface area contributed by atoms with Crippen molar-refractivity contribution in [1.29, 1.82) is 0 Å². The van der Waals surface area contributed by atoms with Crippen molar-refractivity contribution in [2.75, 3.05) is 5.73 Å². The van der Waals surface area contributed by atoms with Crippen molar-refractivity contribution in [2.45, 2.75) is 46.1 Å². The van der Waals surface area contributed by atoms with Gasteiger partial charge in [-0.05, 0) is 31.6 Å². The molecule has 1 aliphatic rings. The van der Waals surface area contributed by atoms with Gasteiger partial charge in [0.15, 0.2) is 0 Å². The van der Waals surface area contributed by atoms with Crippen LogP contribution in [0.15, 0.2) is 6.07 Å². The van der Waals surface area contributed by atoms with Crippen molar-refractivity contribution in [3.05, 3.63) is 11.8 Å². The molecule has 0 radical (unpaired) electrons. The molecule has 0 unspecified atom stereocenters. The number of nitrogens with two attached hydrogens (primary N) is 1. The molecule has 1 aromatic rings. The van der Waals surface area contributed by atoms with Gasteiger partial charge in [-0.2, -0.15) is 5.10 Å². The van der Waals surface area contributed by atoms with E-state index in [9.17, 15) is 0 Å². The van der Waals surface area contributed by atoms with Gasteiger partial charge in [0.05, 0.1) is 0 Å². The Hall–Kier alpha value is -0.990. The zero-order valence-electron chi connectivity index (χ0n) is 9.74. The molecule has 1 aliphatic carbocycles. The average molecular weight is 207 g/mol. The van der Waals surface area contributed by atoms with Crippen molar-refractivity contribution in [1.82, 2.24) is 9.78 Å². The molecule has 1 heterocycles. The Morgan fingerprint density at radius 1 is 1.40 bits per heavy atom. The molecule has 3 nitrogen and oxygen atoms in total. The zero-order chi connectivity index (χ0) is 10.8. The molecule has 0 aromatic carbocycles.